The van der Waals surface area contributed by atoms with Crippen LogP contribution in [0.25, 0.3) is 0 Å². The van der Waals surface area contributed by atoms with Gasteiger partial charge in [-0.25, -0.2) is 13.1 Å². The average Bonchev–Trinajstić information content (AvgIpc) is 2.13. The van der Waals surface area contributed by atoms with Gasteiger partial charge in [-0.15, -0.1) is 0 Å². The topological polar surface area (TPSA) is 89.3 Å². The molecule has 0 aromatic heterocycles. The quantitative estimate of drug-likeness (QED) is 0.778. The molecule has 7 heteroatoms. The third-order valence-corrected chi connectivity index (χ3v) is 5.13. The molecule has 0 aliphatic carbocycles. The lowest BCUT2D eigenvalue weighted by molar-refractivity contribution is 0.570. The largest absolute Gasteiger partial charge is 0.398 e. The molecule has 0 radical (unpaired) electrons. The lowest BCUT2D eigenvalue weighted by Crippen LogP contribution is -2.36. The number of sulfonamides is 1. The molecule has 3 N–H and O–H groups in total. The van der Waals surface area contributed by atoms with Crippen molar-refractivity contribution in [3.63, 3.8) is 0 Å². The molecule has 2 atom stereocenters. The Morgan fingerprint density at radius 1 is 1.44 bits per heavy atom. The van der Waals surface area contributed by atoms with E-state index in [1.165, 1.54) is 6.26 Å². The molecule has 0 saturated heterocycles. The van der Waals surface area contributed by atoms with Crippen molar-refractivity contribution in [2.75, 3.05) is 17.7 Å². The van der Waals surface area contributed by atoms with E-state index in [-0.39, 0.29) is 16.3 Å². The summed E-state index contributed by atoms with van der Waals surface area (Å²) in [7, 11) is -4.73. The summed E-state index contributed by atoms with van der Waals surface area (Å²) >= 11 is 0. The lowest BCUT2D eigenvalue weighted by atomic mass is 10.2. The summed E-state index contributed by atoms with van der Waals surface area (Å²) in [6, 6.07) is 4.53. The van der Waals surface area contributed by atoms with Crippen molar-refractivity contribution in [3.8, 4) is 0 Å². The molecule has 18 heavy (non-hydrogen) atoms. The minimum absolute atomic E-state index is 0.0961. The van der Waals surface area contributed by atoms with Crippen molar-refractivity contribution in [1.29, 1.82) is 0 Å². The number of nitrogen functional groups attached to an aromatic ring is 1. The zero-order valence-corrected chi connectivity index (χ0v) is 12.3. The number of hydrogen-bond acceptors (Lipinski definition) is 4. The molecule has 0 amide bonds. The highest BCUT2D eigenvalue weighted by Gasteiger charge is 2.22. The Labute approximate surface area is 110 Å². The zero-order chi connectivity index (χ0) is 13.9. The summed E-state index contributed by atoms with van der Waals surface area (Å²) in [4.78, 5) is 0.0961. The van der Waals surface area contributed by atoms with Crippen LogP contribution in [0.1, 0.15) is 12.5 Å². The molecule has 0 fully saturated rings. The van der Waals surface area contributed by atoms with E-state index in [2.05, 4.69) is 4.72 Å². The molecule has 0 saturated carbocycles. The van der Waals surface area contributed by atoms with Crippen molar-refractivity contribution < 1.29 is 12.6 Å². The van der Waals surface area contributed by atoms with Crippen LogP contribution >= 0.6 is 0 Å². The van der Waals surface area contributed by atoms with E-state index in [1.54, 1.807) is 32.0 Å². The first kappa shape index (κ1) is 15.1. The monoisotopic (exact) mass is 290 g/mol. The van der Waals surface area contributed by atoms with Gasteiger partial charge in [0.15, 0.2) is 0 Å². The number of nitrogens with two attached hydrogens (primary N) is 1. The fourth-order valence-electron chi connectivity index (χ4n) is 1.75. The molecule has 0 aliphatic heterocycles. The SMILES string of the molecule is Cc1cccc(N)c1S(=O)(=O)NC(C)CS(C)=O. The van der Waals surface area contributed by atoms with Crippen molar-refractivity contribution >= 4 is 26.5 Å². The second-order valence-electron chi connectivity index (χ2n) is 4.26. The van der Waals surface area contributed by atoms with Gasteiger partial charge in [-0.3, -0.25) is 4.21 Å². The van der Waals surface area contributed by atoms with Crippen LogP contribution in [0.4, 0.5) is 5.69 Å². The summed E-state index contributed by atoms with van der Waals surface area (Å²) in [5.41, 5.74) is 6.51. The predicted octanol–water partition coefficient (Wildman–Crippen LogP) is 0.623. The maximum atomic E-state index is 12.2. The standard InChI is InChI=1S/C11H18N2O3S2/c1-8-5-4-6-10(12)11(8)18(15,16)13-9(2)7-17(3)14/h4-6,9,13H,7,12H2,1-3H3. The van der Waals surface area contributed by atoms with E-state index >= 15 is 0 Å². The Kier molecular flexibility index (Phi) is 4.89. The van der Waals surface area contributed by atoms with Gasteiger partial charge in [-0.05, 0) is 25.5 Å². The highest BCUT2D eigenvalue weighted by molar-refractivity contribution is 7.89. The van der Waals surface area contributed by atoms with Gasteiger partial charge in [0, 0.05) is 28.9 Å². The number of hydrogen-bond donors (Lipinski definition) is 2. The Hall–Kier alpha value is -0.920. The van der Waals surface area contributed by atoms with Gasteiger partial charge in [0.05, 0.1) is 5.69 Å². The fourth-order valence-corrected chi connectivity index (χ4v) is 4.25. The molecule has 0 bridgehead atoms. The molecular weight excluding hydrogens is 272 g/mol. The van der Waals surface area contributed by atoms with Crippen molar-refractivity contribution in [1.82, 2.24) is 4.72 Å². The third kappa shape index (κ3) is 3.79. The highest BCUT2D eigenvalue weighted by atomic mass is 32.2. The van der Waals surface area contributed by atoms with Gasteiger partial charge in [0.2, 0.25) is 10.0 Å². The van der Waals surface area contributed by atoms with Gasteiger partial charge in [0.25, 0.3) is 0 Å². The van der Waals surface area contributed by atoms with Gasteiger partial charge in [-0.1, -0.05) is 12.1 Å². The Balaban J connectivity index is 3.04. The number of aryl methyl sites for hydroxylation is 1. The third-order valence-electron chi connectivity index (χ3n) is 2.35. The van der Waals surface area contributed by atoms with E-state index in [4.69, 9.17) is 5.73 Å². The van der Waals surface area contributed by atoms with Gasteiger partial charge in [-0.2, -0.15) is 0 Å². The Bertz CT molecular complexity index is 535. The first-order chi connectivity index (χ1) is 8.24. The minimum atomic E-state index is -3.68. The van der Waals surface area contributed by atoms with Crippen LogP contribution in [0.5, 0.6) is 0 Å². The predicted molar refractivity (Wildman–Crippen MR) is 74.3 cm³/mol. The first-order valence-electron chi connectivity index (χ1n) is 5.41. The maximum Gasteiger partial charge on any atom is 0.243 e. The summed E-state index contributed by atoms with van der Waals surface area (Å²) in [6.45, 7) is 3.36. The number of anilines is 1. The Morgan fingerprint density at radius 3 is 2.56 bits per heavy atom. The molecule has 5 nitrogen and oxygen atoms in total. The molecular formula is C11H18N2O3S2. The van der Waals surface area contributed by atoms with Crippen LogP contribution < -0.4 is 10.5 Å². The molecule has 0 heterocycles. The first-order valence-corrected chi connectivity index (χ1v) is 8.62. The van der Waals surface area contributed by atoms with Gasteiger partial charge < -0.3 is 5.73 Å². The summed E-state index contributed by atoms with van der Waals surface area (Å²) < 4.78 is 37.9. The van der Waals surface area contributed by atoms with E-state index < -0.39 is 26.9 Å². The summed E-state index contributed by atoms with van der Waals surface area (Å²) in [6.07, 6.45) is 1.53. The average molecular weight is 290 g/mol. The smallest absolute Gasteiger partial charge is 0.243 e. The van der Waals surface area contributed by atoms with Crippen LogP contribution in [0.3, 0.4) is 0 Å². The number of benzene rings is 1. The second kappa shape index (κ2) is 5.81. The van der Waals surface area contributed by atoms with Gasteiger partial charge in [0.1, 0.15) is 4.90 Å². The van der Waals surface area contributed by atoms with E-state index in [9.17, 15) is 12.6 Å². The van der Waals surface area contributed by atoms with E-state index in [0.29, 0.717) is 5.56 Å². The molecule has 1 rings (SSSR count). The van der Waals surface area contributed by atoms with E-state index in [1.807, 2.05) is 0 Å². The minimum Gasteiger partial charge on any atom is -0.398 e. The maximum absolute atomic E-state index is 12.2. The second-order valence-corrected chi connectivity index (χ2v) is 7.39. The molecule has 1 aromatic carbocycles. The number of nitrogens with one attached hydrogen (secondary N) is 1. The molecule has 0 spiro atoms. The van der Waals surface area contributed by atoms with Crippen molar-refractivity contribution in [3.05, 3.63) is 23.8 Å². The van der Waals surface area contributed by atoms with Crippen LogP contribution in [-0.4, -0.2) is 30.7 Å². The summed E-state index contributed by atoms with van der Waals surface area (Å²) in [5, 5.41) is 0. The molecule has 102 valence electrons. The molecule has 2 unspecified atom stereocenters. The van der Waals surface area contributed by atoms with E-state index in [0.717, 1.165) is 0 Å². The van der Waals surface area contributed by atoms with Crippen LogP contribution in [0.2, 0.25) is 0 Å². The molecule has 1 aromatic rings. The van der Waals surface area contributed by atoms with Gasteiger partial charge >= 0.3 is 0 Å². The Morgan fingerprint density at radius 2 is 2.06 bits per heavy atom. The normalized spacial score (nSPS) is 15.3. The fraction of sp³-hybridized carbons (Fsp3) is 0.455. The summed E-state index contributed by atoms with van der Waals surface area (Å²) in [5.74, 6) is 0.269. The van der Waals surface area contributed by atoms with Crippen LogP contribution in [-0.2, 0) is 20.8 Å². The lowest BCUT2D eigenvalue weighted by Gasteiger charge is -2.15. The zero-order valence-electron chi connectivity index (χ0n) is 10.6. The van der Waals surface area contributed by atoms with Crippen LogP contribution in [0.15, 0.2) is 23.1 Å². The van der Waals surface area contributed by atoms with Crippen molar-refractivity contribution in [2.45, 2.75) is 24.8 Å². The van der Waals surface area contributed by atoms with Crippen molar-refractivity contribution in [2.24, 2.45) is 0 Å². The number of rotatable bonds is 5. The van der Waals surface area contributed by atoms with Crippen LogP contribution in [0, 0.1) is 6.92 Å². The molecule has 0 aliphatic rings. The highest BCUT2D eigenvalue weighted by Crippen LogP contribution is 2.22.